The van der Waals surface area contributed by atoms with E-state index in [1.807, 2.05) is 12.1 Å². The van der Waals surface area contributed by atoms with E-state index in [-0.39, 0.29) is 5.75 Å². The number of alkyl halides is 3. The fourth-order valence-corrected chi connectivity index (χ4v) is 3.22. The number of ether oxygens (including phenoxy) is 1. The zero-order valence-electron chi connectivity index (χ0n) is 13.6. The van der Waals surface area contributed by atoms with Crippen molar-refractivity contribution in [3.8, 4) is 17.0 Å². The fraction of sp³-hybridized carbons (Fsp3) is 0.118. The Bertz CT molecular complexity index is 1030. The summed E-state index contributed by atoms with van der Waals surface area (Å²) in [6.07, 6.45) is 0.364. The van der Waals surface area contributed by atoms with Crippen LogP contribution in [0.25, 0.3) is 16.2 Å². The molecule has 0 atom stereocenters. The summed E-state index contributed by atoms with van der Waals surface area (Å²) < 4.78 is 42.7. The summed E-state index contributed by atoms with van der Waals surface area (Å²) in [4.78, 5) is 9.02. The van der Waals surface area contributed by atoms with E-state index in [0.717, 1.165) is 5.56 Å². The van der Waals surface area contributed by atoms with Crippen molar-refractivity contribution in [3.05, 3.63) is 60.6 Å². The second kappa shape index (κ2) is 6.88. The maximum atomic E-state index is 12.4. The highest BCUT2D eigenvalue weighted by Crippen LogP contribution is 2.29. The van der Waals surface area contributed by atoms with Gasteiger partial charge >= 0.3 is 6.36 Å². The molecule has 3 aromatic heterocycles. The van der Waals surface area contributed by atoms with Gasteiger partial charge < -0.3 is 10.1 Å². The lowest BCUT2D eigenvalue weighted by molar-refractivity contribution is -0.274. The van der Waals surface area contributed by atoms with Gasteiger partial charge in [-0.05, 0) is 29.8 Å². The van der Waals surface area contributed by atoms with E-state index in [1.165, 1.54) is 29.5 Å². The number of imidazole rings is 1. The maximum Gasteiger partial charge on any atom is 0.573 e. The van der Waals surface area contributed by atoms with Gasteiger partial charge in [0.15, 0.2) is 0 Å². The molecule has 27 heavy (non-hydrogen) atoms. The Morgan fingerprint density at radius 1 is 1.15 bits per heavy atom. The second-order valence-electron chi connectivity index (χ2n) is 5.55. The number of hydrogen-bond donors (Lipinski definition) is 1. The molecular formula is C17H12F3N5OS. The Kier molecular flexibility index (Phi) is 4.40. The Balaban J connectivity index is 1.51. The highest BCUT2D eigenvalue weighted by atomic mass is 32.1. The summed E-state index contributed by atoms with van der Waals surface area (Å²) in [6.45, 7) is 0.600. The molecule has 0 aliphatic heterocycles. The van der Waals surface area contributed by atoms with Crippen molar-refractivity contribution in [2.45, 2.75) is 12.9 Å². The summed E-state index contributed by atoms with van der Waals surface area (Å²) in [5.74, 6) is -0.288. The van der Waals surface area contributed by atoms with Crippen LogP contribution in [-0.2, 0) is 6.54 Å². The summed E-state index contributed by atoms with van der Waals surface area (Å²) in [5.41, 5.74) is 2.10. The van der Waals surface area contributed by atoms with E-state index in [1.54, 1.807) is 29.2 Å². The van der Waals surface area contributed by atoms with Gasteiger partial charge in [-0.3, -0.25) is 4.98 Å². The Hall–Kier alpha value is -3.14. The first-order chi connectivity index (χ1) is 13.0. The van der Waals surface area contributed by atoms with Gasteiger partial charge in [0.25, 0.3) is 0 Å². The van der Waals surface area contributed by atoms with Crippen LogP contribution in [0.2, 0.25) is 0 Å². The largest absolute Gasteiger partial charge is 0.573 e. The number of halogens is 3. The van der Waals surface area contributed by atoms with Crippen LogP contribution in [0.1, 0.15) is 5.56 Å². The van der Waals surface area contributed by atoms with Gasteiger partial charge in [0, 0.05) is 24.5 Å². The Labute approximate surface area is 155 Å². The third kappa shape index (κ3) is 4.17. The predicted octanol–water partition coefficient (Wildman–Crippen LogP) is 4.36. The monoisotopic (exact) mass is 391 g/mol. The van der Waals surface area contributed by atoms with Crippen molar-refractivity contribution < 1.29 is 17.9 Å². The van der Waals surface area contributed by atoms with Crippen molar-refractivity contribution >= 4 is 21.4 Å². The predicted molar refractivity (Wildman–Crippen MR) is 94.5 cm³/mol. The van der Waals surface area contributed by atoms with Crippen LogP contribution in [0.3, 0.4) is 0 Å². The topological polar surface area (TPSA) is 64.3 Å². The smallest absolute Gasteiger partial charge is 0.406 e. The third-order valence-electron chi connectivity index (χ3n) is 3.60. The summed E-state index contributed by atoms with van der Waals surface area (Å²) in [5, 5.41) is 8.28. The molecule has 0 amide bonds. The first-order valence-corrected chi connectivity index (χ1v) is 8.63. The molecule has 6 nitrogen and oxygen atoms in total. The Morgan fingerprint density at radius 2 is 1.96 bits per heavy atom. The van der Waals surface area contributed by atoms with Crippen LogP contribution in [-0.4, -0.2) is 25.9 Å². The number of pyridine rings is 1. The number of hydrogen-bond acceptors (Lipinski definition) is 6. The van der Waals surface area contributed by atoms with Crippen molar-refractivity contribution in [2.24, 2.45) is 0 Å². The van der Waals surface area contributed by atoms with E-state index in [4.69, 9.17) is 0 Å². The third-order valence-corrected chi connectivity index (χ3v) is 4.48. The average Bonchev–Trinajstić information content (AvgIpc) is 3.18. The van der Waals surface area contributed by atoms with Crippen LogP contribution in [0, 0.1) is 0 Å². The molecule has 1 N–H and O–H groups in total. The van der Waals surface area contributed by atoms with E-state index < -0.39 is 6.36 Å². The molecule has 0 saturated heterocycles. The number of anilines is 1. The van der Waals surface area contributed by atoms with Gasteiger partial charge in [0.1, 0.15) is 5.75 Å². The van der Waals surface area contributed by atoms with E-state index >= 15 is 0 Å². The zero-order chi connectivity index (χ0) is 18.9. The van der Waals surface area contributed by atoms with Crippen LogP contribution < -0.4 is 10.1 Å². The quantitative estimate of drug-likeness (QED) is 0.548. The molecule has 0 aliphatic rings. The van der Waals surface area contributed by atoms with Crippen LogP contribution in [0.4, 0.5) is 18.3 Å². The molecule has 138 valence electrons. The summed E-state index contributed by atoms with van der Waals surface area (Å²) in [7, 11) is 0. The number of aromatic nitrogens is 4. The molecule has 1 aromatic carbocycles. The van der Waals surface area contributed by atoms with Crippen molar-refractivity contribution in [1.29, 1.82) is 0 Å². The van der Waals surface area contributed by atoms with Crippen molar-refractivity contribution in [3.63, 3.8) is 0 Å². The van der Waals surface area contributed by atoms with Crippen LogP contribution in [0.15, 0.2) is 55.0 Å². The number of nitrogens with one attached hydrogen (secondary N) is 1. The van der Waals surface area contributed by atoms with Gasteiger partial charge in [-0.2, -0.15) is 0 Å². The highest BCUT2D eigenvalue weighted by Gasteiger charge is 2.31. The SMILES string of the molecule is FC(F)(F)Oc1cccc(-c2cn3nc(NCc4ccncc4)sc3n2)c1. The molecule has 4 rings (SSSR count). The van der Waals surface area contributed by atoms with Crippen LogP contribution >= 0.6 is 11.3 Å². The minimum atomic E-state index is -4.73. The number of rotatable bonds is 5. The van der Waals surface area contributed by atoms with Gasteiger partial charge in [0.2, 0.25) is 10.1 Å². The lowest BCUT2D eigenvalue weighted by Gasteiger charge is -2.09. The van der Waals surface area contributed by atoms with E-state index in [0.29, 0.717) is 27.9 Å². The molecule has 0 fully saturated rings. The van der Waals surface area contributed by atoms with E-state index in [9.17, 15) is 13.2 Å². The summed E-state index contributed by atoms with van der Waals surface area (Å²) in [6, 6.07) is 9.49. The molecule has 0 bridgehead atoms. The molecule has 4 aromatic rings. The van der Waals surface area contributed by atoms with Crippen molar-refractivity contribution in [1.82, 2.24) is 19.6 Å². The summed E-state index contributed by atoms with van der Waals surface area (Å²) >= 11 is 1.35. The highest BCUT2D eigenvalue weighted by molar-refractivity contribution is 7.20. The lowest BCUT2D eigenvalue weighted by atomic mass is 10.1. The minimum absolute atomic E-state index is 0.288. The number of benzene rings is 1. The zero-order valence-corrected chi connectivity index (χ0v) is 14.5. The van der Waals surface area contributed by atoms with Gasteiger partial charge in [-0.15, -0.1) is 18.3 Å². The van der Waals surface area contributed by atoms with Crippen LogP contribution in [0.5, 0.6) is 5.75 Å². The standard InChI is InChI=1S/C17H12F3N5OS/c18-17(19,20)26-13-3-1-2-12(8-13)14-10-25-16(23-14)27-15(24-25)22-9-11-4-6-21-7-5-11/h1-8,10H,9H2,(H,22,24). The average molecular weight is 391 g/mol. The first kappa shape index (κ1) is 17.3. The van der Waals surface area contributed by atoms with E-state index in [2.05, 4.69) is 25.1 Å². The normalized spacial score (nSPS) is 11.7. The number of fused-ring (bicyclic) bond motifs is 1. The molecule has 0 saturated carbocycles. The van der Waals surface area contributed by atoms with Crippen molar-refractivity contribution in [2.75, 3.05) is 5.32 Å². The molecule has 0 spiro atoms. The maximum absolute atomic E-state index is 12.4. The molecule has 3 heterocycles. The van der Waals surface area contributed by atoms with Gasteiger partial charge in [0.05, 0.1) is 11.9 Å². The van der Waals surface area contributed by atoms with Gasteiger partial charge in [-0.25, -0.2) is 9.50 Å². The molecule has 0 unspecified atom stereocenters. The lowest BCUT2D eigenvalue weighted by Crippen LogP contribution is -2.17. The molecule has 0 radical (unpaired) electrons. The molecular weight excluding hydrogens is 379 g/mol. The first-order valence-electron chi connectivity index (χ1n) is 7.81. The molecule has 10 heteroatoms. The van der Waals surface area contributed by atoms with Gasteiger partial charge in [-0.1, -0.05) is 23.5 Å². The number of nitrogens with zero attached hydrogens (tertiary/aromatic N) is 4. The molecule has 0 aliphatic carbocycles. The second-order valence-corrected chi connectivity index (χ2v) is 6.50. The Morgan fingerprint density at radius 3 is 2.70 bits per heavy atom. The fourth-order valence-electron chi connectivity index (χ4n) is 2.44. The minimum Gasteiger partial charge on any atom is -0.406 e.